The van der Waals surface area contributed by atoms with Gasteiger partial charge in [0.05, 0.1) is 0 Å². The molecule has 0 heterocycles. The summed E-state index contributed by atoms with van der Waals surface area (Å²) >= 11 is 0. The van der Waals surface area contributed by atoms with Gasteiger partial charge in [-0.2, -0.15) is 0 Å². The average Bonchev–Trinajstić information content (AvgIpc) is 2.62. The molecule has 3 rings (SSSR count). The van der Waals surface area contributed by atoms with Gasteiger partial charge in [0.2, 0.25) is 0 Å². The fourth-order valence-corrected chi connectivity index (χ4v) is 2.76. The van der Waals surface area contributed by atoms with Crippen molar-refractivity contribution in [3.05, 3.63) is 71.9 Å². The number of rotatable bonds is 0. The van der Waals surface area contributed by atoms with Crippen LogP contribution < -0.4 is 0 Å². The monoisotopic (exact) mass is 208 g/mol. The first-order valence-corrected chi connectivity index (χ1v) is 6.05. The minimum Gasteiger partial charge on any atom is -0.0805 e. The smallest absolute Gasteiger partial charge is 0.00899 e. The summed E-state index contributed by atoms with van der Waals surface area (Å²) in [5, 5.41) is 0. The molecule has 0 bridgehead atoms. The molecule has 0 N–H and O–H groups in total. The molecule has 0 fully saturated rings. The molecule has 16 heavy (non-hydrogen) atoms. The summed E-state index contributed by atoms with van der Waals surface area (Å²) in [7, 11) is 0. The van der Waals surface area contributed by atoms with Crippen LogP contribution in [0.5, 0.6) is 0 Å². The summed E-state index contributed by atoms with van der Waals surface area (Å²) in [6.07, 6.45) is 24.8. The van der Waals surface area contributed by atoms with E-state index in [1.807, 2.05) is 0 Å². The highest BCUT2D eigenvalue weighted by Crippen LogP contribution is 2.38. The Morgan fingerprint density at radius 3 is 2.88 bits per heavy atom. The lowest BCUT2D eigenvalue weighted by Gasteiger charge is -2.24. The third-order valence-corrected chi connectivity index (χ3v) is 3.58. The Hall–Kier alpha value is -1.56. The van der Waals surface area contributed by atoms with Crippen LogP contribution in [0.3, 0.4) is 0 Å². The van der Waals surface area contributed by atoms with E-state index < -0.39 is 0 Å². The molecule has 3 aliphatic rings. The molecule has 0 aromatic heterocycles. The third kappa shape index (κ3) is 1.65. The van der Waals surface area contributed by atoms with E-state index in [4.69, 9.17) is 0 Å². The molecule has 3 aliphatic carbocycles. The Labute approximate surface area is 97.1 Å². The summed E-state index contributed by atoms with van der Waals surface area (Å²) < 4.78 is 0. The highest BCUT2D eigenvalue weighted by atomic mass is 14.3. The van der Waals surface area contributed by atoms with Gasteiger partial charge in [0.15, 0.2) is 0 Å². The zero-order valence-electron chi connectivity index (χ0n) is 9.34. The van der Waals surface area contributed by atoms with Gasteiger partial charge in [-0.05, 0) is 29.9 Å². The van der Waals surface area contributed by atoms with Gasteiger partial charge in [0.1, 0.15) is 0 Å². The first-order chi connectivity index (χ1) is 7.95. The molecule has 0 aliphatic heterocycles. The number of hydrogen-bond donors (Lipinski definition) is 0. The van der Waals surface area contributed by atoms with Crippen LogP contribution >= 0.6 is 0 Å². The minimum absolute atomic E-state index is 0.575. The first-order valence-electron chi connectivity index (χ1n) is 6.05. The third-order valence-electron chi connectivity index (χ3n) is 3.58. The number of allylic oxidation sites excluding steroid dienone is 12. The molecule has 80 valence electrons. The van der Waals surface area contributed by atoms with E-state index in [2.05, 4.69) is 60.8 Å². The predicted octanol–water partition coefficient (Wildman–Crippen LogP) is 4.12. The lowest BCUT2D eigenvalue weighted by atomic mass is 9.80. The second kappa shape index (κ2) is 4.13. The van der Waals surface area contributed by atoms with Crippen molar-refractivity contribution >= 4 is 0 Å². The molecule has 0 heteroatoms. The van der Waals surface area contributed by atoms with Crippen LogP contribution in [0, 0.1) is 11.8 Å². The summed E-state index contributed by atoms with van der Waals surface area (Å²) in [5.41, 5.74) is 2.89. The summed E-state index contributed by atoms with van der Waals surface area (Å²) in [4.78, 5) is 0. The highest BCUT2D eigenvalue weighted by Gasteiger charge is 2.25. The van der Waals surface area contributed by atoms with Crippen molar-refractivity contribution in [2.75, 3.05) is 0 Å². The quantitative estimate of drug-likeness (QED) is 0.562. The largest absolute Gasteiger partial charge is 0.0805 e. The zero-order chi connectivity index (χ0) is 10.8. The Morgan fingerprint density at radius 1 is 0.938 bits per heavy atom. The normalized spacial score (nSPS) is 31.0. The van der Waals surface area contributed by atoms with E-state index in [9.17, 15) is 0 Å². The zero-order valence-corrected chi connectivity index (χ0v) is 9.34. The van der Waals surface area contributed by atoms with Gasteiger partial charge in [0, 0.05) is 5.92 Å². The number of hydrogen-bond acceptors (Lipinski definition) is 0. The molecule has 2 unspecified atom stereocenters. The molecule has 0 radical (unpaired) electrons. The van der Waals surface area contributed by atoms with E-state index in [1.54, 1.807) is 0 Å². The Balaban J connectivity index is 2.05. The molecular formula is C16H16. The molecule has 2 atom stereocenters. The lowest BCUT2D eigenvalue weighted by molar-refractivity contribution is 0.508. The Bertz CT molecular complexity index is 452. The maximum atomic E-state index is 2.38. The van der Waals surface area contributed by atoms with Crippen molar-refractivity contribution < 1.29 is 0 Å². The molecule has 0 amide bonds. The fourth-order valence-electron chi connectivity index (χ4n) is 2.76. The van der Waals surface area contributed by atoms with Gasteiger partial charge >= 0.3 is 0 Å². The van der Waals surface area contributed by atoms with Gasteiger partial charge in [-0.3, -0.25) is 0 Å². The van der Waals surface area contributed by atoms with Crippen LogP contribution in [0.25, 0.3) is 0 Å². The predicted molar refractivity (Wildman–Crippen MR) is 68.9 cm³/mol. The van der Waals surface area contributed by atoms with Crippen LogP contribution in [-0.4, -0.2) is 0 Å². The van der Waals surface area contributed by atoms with Crippen LogP contribution in [0.1, 0.15) is 12.8 Å². The topological polar surface area (TPSA) is 0 Å². The van der Waals surface area contributed by atoms with Crippen LogP contribution in [0.2, 0.25) is 0 Å². The van der Waals surface area contributed by atoms with Gasteiger partial charge in [0.25, 0.3) is 0 Å². The van der Waals surface area contributed by atoms with Crippen molar-refractivity contribution in [1.82, 2.24) is 0 Å². The van der Waals surface area contributed by atoms with E-state index >= 15 is 0 Å². The maximum absolute atomic E-state index is 2.38. The fraction of sp³-hybridized carbons (Fsp3) is 0.250. The second-order valence-electron chi connectivity index (χ2n) is 4.56. The summed E-state index contributed by atoms with van der Waals surface area (Å²) in [5.74, 6) is 1.26. The van der Waals surface area contributed by atoms with Crippen molar-refractivity contribution in [2.45, 2.75) is 12.8 Å². The van der Waals surface area contributed by atoms with Crippen LogP contribution in [0.15, 0.2) is 71.9 Å². The van der Waals surface area contributed by atoms with E-state index in [-0.39, 0.29) is 0 Å². The Morgan fingerprint density at radius 2 is 1.88 bits per heavy atom. The van der Waals surface area contributed by atoms with Crippen molar-refractivity contribution in [1.29, 1.82) is 0 Å². The van der Waals surface area contributed by atoms with Gasteiger partial charge in [-0.1, -0.05) is 60.8 Å². The van der Waals surface area contributed by atoms with Crippen LogP contribution in [0.4, 0.5) is 0 Å². The molecule has 0 nitrogen and oxygen atoms in total. The van der Waals surface area contributed by atoms with Gasteiger partial charge in [-0.15, -0.1) is 0 Å². The van der Waals surface area contributed by atoms with E-state index in [0.29, 0.717) is 11.8 Å². The summed E-state index contributed by atoms with van der Waals surface area (Å²) in [6, 6.07) is 0. The van der Waals surface area contributed by atoms with Crippen molar-refractivity contribution in [2.24, 2.45) is 11.8 Å². The Kier molecular flexibility index (Phi) is 2.49. The molecule has 0 saturated heterocycles. The van der Waals surface area contributed by atoms with Crippen molar-refractivity contribution in [3.63, 3.8) is 0 Å². The maximum Gasteiger partial charge on any atom is 0.00899 e. The first kappa shape index (κ1) is 9.65. The van der Waals surface area contributed by atoms with Crippen molar-refractivity contribution in [3.8, 4) is 0 Å². The minimum atomic E-state index is 0.575. The molecular weight excluding hydrogens is 192 g/mol. The highest BCUT2D eigenvalue weighted by molar-refractivity contribution is 5.49. The molecule has 0 aromatic rings. The molecule has 0 aromatic carbocycles. The number of fused-ring (bicyclic) bond motifs is 3. The molecule has 0 saturated carbocycles. The second-order valence-corrected chi connectivity index (χ2v) is 4.56. The van der Waals surface area contributed by atoms with E-state index in [0.717, 1.165) is 0 Å². The average molecular weight is 208 g/mol. The van der Waals surface area contributed by atoms with Gasteiger partial charge < -0.3 is 0 Å². The SMILES string of the molecule is C1=CC=C2C(=CCCC3C=CC=CC23)C=C1. The van der Waals surface area contributed by atoms with Crippen LogP contribution in [-0.2, 0) is 0 Å². The standard InChI is InChI=1S/C16H16/c1-2-7-13-9-6-10-14-8-4-5-12-16(14)15(13)11-3-1/h1-5,7-9,11-12,14,16H,6,10H2. The summed E-state index contributed by atoms with van der Waals surface area (Å²) in [6.45, 7) is 0. The lowest BCUT2D eigenvalue weighted by Crippen LogP contribution is -2.14. The molecule has 0 spiro atoms. The van der Waals surface area contributed by atoms with Gasteiger partial charge in [-0.25, -0.2) is 0 Å². The van der Waals surface area contributed by atoms with E-state index in [1.165, 1.54) is 24.0 Å².